The van der Waals surface area contributed by atoms with E-state index >= 15 is 0 Å². The highest BCUT2D eigenvalue weighted by molar-refractivity contribution is 9.10. The maximum atomic E-state index is 13.1. The fraction of sp³-hybridized carbons (Fsp3) is 0.571. The molecular weight excluding hydrogens is 319 g/mol. The maximum Gasteiger partial charge on any atom is 0.418 e. The Morgan fingerprint density at radius 2 is 2.05 bits per heavy atom. The lowest BCUT2D eigenvalue weighted by molar-refractivity contribution is -0.137. The van der Waals surface area contributed by atoms with Crippen LogP contribution in [0, 0.1) is 5.92 Å². The number of rotatable bonds is 2. The summed E-state index contributed by atoms with van der Waals surface area (Å²) in [5.41, 5.74) is 0.458. The Balaban J connectivity index is 2.36. The summed E-state index contributed by atoms with van der Waals surface area (Å²) in [6, 6.07) is 3.07. The Morgan fingerprint density at radius 3 is 2.63 bits per heavy atom. The second-order valence-electron chi connectivity index (χ2n) is 5.49. The third-order valence-electron chi connectivity index (χ3n) is 3.36. The third kappa shape index (κ3) is 3.44. The van der Waals surface area contributed by atoms with Crippen LogP contribution in [0.25, 0.3) is 0 Å². The van der Waals surface area contributed by atoms with Gasteiger partial charge in [-0.1, -0.05) is 29.8 Å². The van der Waals surface area contributed by atoms with Crippen molar-refractivity contribution in [3.63, 3.8) is 0 Å². The molecule has 1 heterocycles. The van der Waals surface area contributed by atoms with Gasteiger partial charge in [0.25, 0.3) is 0 Å². The fourth-order valence-electron chi connectivity index (χ4n) is 2.61. The Hall–Kier alpha value is -0.710. The summed E-state index contributed by atoms with van der Waals surface area (Å²) in [5, 5.41) is 3.09. The molecule has 1 atom stereocenters. The van der Waals surface area contributed by atoms with E-state index in [0.717, 1.165) is 24.5 Å². The zero-order valence-corrected chi connectivity index (χ0v) is 12.5. The van der Waals surface area contributed by atoms with Crippen molar-refractivity contribution in [3.8, 4) is 0 Å². The molecule has 1 aromatic carbocycles. The molecule has 19 heavy (non-hydrogen) atoms. The van der Waals surface area contributed by atoms with Gasteiger partial charge in [-0.2, -0.15) is 13.2 Å². The average molecular weight is 336 g/mol. The first-order valence-electron chi connectivity index (χ1n) is 6.43. The normalized spacial score (nSPS) is 19.2. The van der Waals surface area contributed by atoms with E-state index < -0.39 is 11.7 Å². The van der Waals surface area contributed by atoms with Crippen molar-refractivity contribution in [2.75, 3.05) is 5.32 Å². The number of hydrogen-bond donors (Lipinski definition) is 1. The number of anilines is 1. The van der Waals surface area contributed by atoms with Crippen molar-refractivity contribution in [2.24, 2.45) is 5.92 Å². The third-order valence-corrected chi connectivity index (χ3v) is 3.81. The standard InChI is InChI=1S/C14H17BrF3N/c1-8(2)5-11-4-3-9-6-10(15)7-12(13(9)19-11)14(16,17)18/h6-8,11,19H,3-5H2,1-2H3. The highest BCUT2D eigenvalue weighted by Crippen LogP contribution is 2.41. The van der Waals surface area contributed by atoms with Crippen LogP contribution in [0.5, 0.6) is 0 Å². The summed E-state index contributed by atoms with van der Waals surface area (Å²) >= 11 is 3.16. The summed E-state index contributed by atoms with van der Waals surface area (Å²) in [6.45, 7) is 4.17. The highest BCUT2D eigenvalue weighted by Gasteiger charge is 2.36. The van der Waals surface area contributed by atoms with Crippen molar-refractivity contribution in [1.82, 2.24) is 0 Å². The first-order valence-corrected chi connectivity index (χ1v) is 7.23. The summed E-state index contributed by atoms with van der Waals surface area (Å²) in [4.78, 5) is 0. The van der Waals surface area contributed by atoms with Crippen LogP contribution in [-0.2, 0) is 12.6 Å². The summed E-state index contributed by atoms with van der Waals surface area (Å²) in [6.07, 6.45) is -1.84. The zero-order valence-electron chi connectivity index (χ0n) is 10.9. The van der Waals surface area contributed by atoms with Crippen molar-refractivity contribution >= 4 is 21.6 Å². The molecule has 0 aliphatic carbocycles. The number of alkyl halides is 3. The fourth-order valence-corrected chi connectivity index (χ4v) is 3.11. The van der Waals surface area contributed by atoms with Crippen molar-refractivity contribution in [3.05, 3.63) is 27.7 Å². The minimum atomic E-state index is -4.32. The number of fused-ring (bicyclic) bond motifs is 1. The lowest BCUT2D eigenvalue weighted by Gasteiger charge is -2.30. The topological polar surface area (TPSA) is 12.0 Å². The smallest absolute Gasteiger partial charge is 0.382 e. The number of aryl methyl sites for hydroxylation is 1. The van der Waals surface area contributed by atoms with E-state index in [1.165, 1.54) is 0 Å². The van der Waals surface area contributed by atoms with Gasteiger partial charge in [-0.05, 0) is 42.9 Å². The molecule has 1 aromatic rings. The van der Waals surface area contributed by atoms with Gasteiger partial charge >= 0.3 is 6.18 Å². The number of halogens is 4. The predicted octanol–water partition coefficient (Wildman–Crippen LogP) is 5.24. The molecule has 0 spiro atoms. The molecule has 1 aliphatic heterocycles. The van der Waals surface area contributed by atoms with Crippen LogP contribution in [-0.4, -0.2) is 6.04 Å². The first-order chi connectivity index (χ1) is 8.77. The monoisotopic (exact) mass is 335 g/mol. The van der Waals surface area contributed by atoms with E-state index in [4.69, 9.17) is 0 Å². The van der Waals surface area contributed by atoms with Gasteiger partial charge in [-0.15, -0.1) is 0 Å². The Bertz CT molecular complexity index is 468. The second-order valence-corrected chi connectivity index (χ2v) is 6.41. The van der Waals surface area contributed by atoms with E-state index in [1.54, 1.807) is 6.07 Å². The van der Waals surface area contributed by atoms with Gasteiger partial charge in [0.2, 0.25) is 0 Å². The van der Waals surface area contributed by atoms with Crippen molar-refractivity contribution in [2.45, 2.75) is 45.3 Å². The van der Waals surface area contributed by atoms with Crippen molar-refractivity contribution in [1.29, 1.82) is 0 Å². The van der Waals surface area contributed by atoms with E-state index in [9.17, 15) is 13.2 Å². The van der Waals surface area contributed by atoms with E-state index in [2.05, 4.69) is 35.1 Å². The van der Waals surface area contributed by atoms with Gasteiger partial charge in [0.15, 0.2) is 0 Å². The zero-order chi connectivity index (χ0) is 14.2. The minimum absolute atomic E-state index is 0.134. The number of benzene rings is 1. The van der Waals surface area contributed by atoms with E-state index in [-0.39, 0.29) is 11.7 Å². The van der Waals surface area contributed by atoms with E-state index in [1.807, 2.05) is 0 Å². The summed E-state index contributed by atoms with van der Waals surface area (Å²) in [5.74, 6) is 0.476. The maximum absolute atomic E-state index is 13.1. The molecule has 0 radical (unpaired) electrons. The summed E-state index contributed by atoms with van der Waals surface area (Å²) in [7, 11) is 0. The molecule has 5 heteroatoms. The van der Waals surface area contributed by atoms with Crippen LogP contribution < -0.4 is 5.32 Å². The van der Waals surface area contributed by atoms with Gasteiger partial charge in [0, 0.05) is 16.2 Å². The van der Waals surface area contributed by atoms with Crippen LogP contribution >= 0.6 is 15.9 Å². The Kier molecular flexibility index (Phi) is 4.14. The number of hydrogen-bond acceptors (Lipinski definition) is 1. The van der Waals surface area contributed by atoms with Crippen LogP contribution in [0.3, 0.4) is 0 Å². The molecule has 106 valence electrons. The van der Waals surface area contributed by atoms with Gasteiger partial charge in [0.1, 0.15) is 0 Å². The highest BCUT2D eigenvalue weighted by atomic mass is 79.9. The molecule has 0 aromatic heterocycles. The van der Waals surface area contributed by atoms with Gasteiger partial charge in [0.05, 0.1) is 5.56 Å². The molecule has 0 saturated carbocycles. The molecule has 2 rings (SSSR count). The quantitative estimate of drug-likeness (QED) is 0.779. The Labute approximate surface area is 119 Å². The molecule has 0 fully saturated rings. The molecule has 1 unspecified atom stereocenters. The second kappa shape index (κ2) is 5.35. The average Bonchev–Trinajstić information content (AvgIpc) is 2.26. The number of nitrogens with one attached hydrogen (secondary N) is 1. The van der Waals surface area contributed by atoms with Crippen LogP contribution in [0.15, 0.2) is 16.6 Å². The molecule has 0 saturated heterocycles. The lowest BCUT2D eigenvalue weighted by Crippen LogP contribution is -2.29. The van der Waals surface area contributed by atoms with Crippen LogP contribution in [0.2, 0.25) is 0 Å². The molecular formula is C14H17BrF3N. The largest absolute Gasteiger partial charge is 0.418 e. The molecule has 1 aliphatic rings. The van der Waals surface area contributed by atoms with Crippen LogP contribution in [0.1, 0.15) is 37.8 Å². The molecule has 0 amide bonds. The molecule has 1 N–H and O–H groups in total. The predicted molar refractivity (Wildman–Crippen MR) is 74.3 cm³/mol. The lowest BCUT2D eigenvalue weighted by atomic mass is 9.91. The first kappa shape index (κ1) is 14.7. The van der Waals surface area contributed by atoms with E-state index in [0.29, 0.717) is 16.8 Å². The molecule has 0 bridgehead atoms. The minimum Gasteiger partial charge on any atom is -0.382 e. The molecule has 1 nitrogen and oxygen atoms in total. The van der Waals surface area contributed by atoms with Crippen LogP contribution in [0.4, 0.5) is 18.9 Å². The summed E-state index contributed by atoms with van der Waals surface area (Å²) < 4.78 is 39.7. The van der Waals surface area contributed by atoms with Gasteiger partial charge in [-0.3, -0.25) is 0 Å². The van der Waals surface area contributed by atoms with Gasteiger partial charge < -0.3 is 5.32 Å². The van der Waals surface area contributed by atoms with Gasteiger partial charge in [-0.25, -0.2) is 0 Å². The SMILES string of the molecule is CC(C)CC1CCc2cc(Br)cc(C(F)(F)F)c2N1. The Morgan fingerprint density at radius 1 is 1.37 bits per heavy atom. The van der Waals surface area contributed by atoms with Crippen molar-refractivity contribution < 1.29 is 13.2 Å².